The molecule has 0 saturated heterocycles. The summed E-state index contributed by atoms with van der Waals surface area (Å²) in [5.41, 5.74) is 1.75. The molecule has 0 atom stereocenters. The second-order valence-electron chi connectivity index (χ2n) is 4.31. The van der Waals surface area contributed by atoms with E-state index in [2.05, 4.69) is 0 Å². The van der Waals surface area contributed by atoms with E-state index in [4.69, 9.17) is 0 Å². The number of rotatable bonds is 2. The highest BCUT2D eigenvalue weighted by Gasteiger charge is 2.38. The Hall–Kier alpha value is -0.890. The van der Waals surface area contributed by atoms with Crippen molar-refractivity contribution in [2.75, 3.05) is 6.61 Å². The van der Waals surface area contributed by atoms with Crippen molar-refractivity contribution in [3.8, 4) is 0 Å². The van der Waals surface area contributed by atoms with Crippen LogP contribution >= 0.6 is 0 Å². The van der Waals surface area contributed by atoms with Gasteiger partial charge in [0.2, 0.25) is 0 Å². The van der Waals surface area contributed by atoms with Crippen LogP contribution in [0.4, 0.5) is 4.39 Å². The molecule has 0 bridgehead atoms. The molecule has 0 unspecified atom stereocenters. The molecule has 2 rings (SSSR count). The standard InChI is InChI=1S/C12H15FO/c1-9-5-10(7-11(13)6-9)12(8-14)3-2-4-12/h5-7,14H,2-4,8H2,1H3. The molecule has 1 N–H and O–H groups in total. The van der Waals surface area contributed by atoms with Gasteiger partial charge in [-0.25, -0.2) is 4.39 Å². The first kappa shape index (κ1) is 9.66. The summed E-state index contributed by atoms with van der Waals surface area (Å²) in [5.74, 6) is -0.195. The Bertz CT molecular complexity index is 316. The zero-order valence-electron chi connectivity index (χ0n) is 8.39. The first-order chi connectivity index (χ1) is 6.66. The van der Waals surface area contributed by atoms with Crippen LogP contribution in [0.15, 0.2) is 18.2 Å². The van der Waals surface area contributed by atoms with E-state index in [0.717, 1.165) is 30.4 Å². The molecule has 1 aliphatic rings. The largest absolute Gasteiger partial charge is 0.395 e. The van der Waals surface area contributed by atoms with Gasteiger partial charge in [0.1, 0.15) is 5.82 Å². The second-order valence-corrected chi connectivity index (χ2v) is 4.31. The van der Waals surface area contributed by atoms with Crippen molar-refractivity contribution >= 4 is 0 Å². The van der Waals surface area contributed by atoms with Gasteiger partial charge < -0.3 is 5.11 Å². The summed E-state index contributed by atoms with van der Waals surface area (Å²) in [5, 5.41) is 9.35. The fourth-order valence-electron chi connectivity index (χ4n) is 2.18. The van der Waals surface area contributed by atoms with Crippen LogP contribution < -0.4 is 0 Å². The Morgan fingerprint density at radius 1 is 1.36 bits per heavy atom. The Morgan fingerprint density at radius 2 is 2.07 bits per heavy atom. The smallest absolute Gasteiger partial charge is 0.123 e. The molecule has 1 aromatic carbocycles. The lowest BCUT2D eigenvalue weighted by atomic mass is 9.65. The van der Waals surface area contributed by atoms with E-state index in [1.165, 1.54) is 6.07 Å². The number of aliphatic hydroxyl groups is 1. The highest BCUT2D eigenvalue weighted by atomic mass is 19.1. The van der Waals surface area contributed by atoms with Crippen LogP contribution in [0.5, 0.6) is 0 Å². The van der Waals surface area contributed by atoms with Crippen molar-refractivity contribution in [1.82, 2.24) is 0 Å². The van der Waals surface area contributed by atoms with E-state index in [1.54, 1.807) is 6.07 Å². The molecule has 0 aliphatic heterocycles. The lowest BCUT2D eigenvalue weighted by Gasteiger charge is -2.41. The van der Waals surface area contributed by atoms with E-state index < -0.39 is 0 Å². The molecule has 1 aromatic rings. The first-order valence-electron chi connectivity index (χ1n) is 5.05. The van der Waals surface area contributed by atoms with Crippen molar-refractivity contribution in [3.05, 3.63) is 35.1 Å². The van der Waals surface area contributed by atoms with Gasteiger partial charge in [0.05, 0.1) is 6.61 Å². The van der Waals surface area contributed by atoms with E-state index in [0.29, 0.717) is 0 Å². The third kappa shape index (κ3) is 1.44. The van der Waals surface area contributed by atoms with E-state index in [-0.39, 0.29) is 17.8 Å². The maximum absolute atomic E-state index is 13.2. The number of hydrogen-bond acceptors (Lipinski definition) is 1. The maximum atomic E-state index is 13.2. The molecule has 14 heavy (non-hydrogen) atoms. The van der Waals surface area contributed by atoms with Crippen LogP contribution in [0, 0.1) is 12.7 Å². The Kier molecular flexibility index (Phi) is 2.31. The molecule has 0 radical (unpaired) electrons. The average Bonchev–Trinajstić information content (AvgIpc) is 2.01. The minimum atomic E-state index is -0.195. The number of aryl methyl sites for hydroxylation is 1. The molecule has 0 heterocycles. The predicted octanol–water partition coefficient (Wildman–Crippen LogP) is 2.55. The van der Waals surface area contributed by atoms with Gasteiger partial charge in [-0.2, -0.15) is 0 Å². The van der Waals surface area contributed by atoms with Crippen molar-refractivity contribution in [1.29, 1.82) is 0 Å². The van der Waals surface area contributed by atoms with Crippen LogP contribution in [0.25, 0.3) is 0 Å². The van der Waals surface area contributed by atoms with Crippen LogP contribution in [0.3, 0.4) is 0 Å². The molecule has 1 fully saturated rings. The van der Waals surface area contributed by atoms with E-state index >= 15 is 0 Å². The lowest BCUT2D eigenvalue weighted by Crippen LogP contribution is -2.38. The first-order valence-corrected chi connectivity index (χ1v) is 5.05. The molecule has 1 saturated carbocycles. The highest BCUT2D eigenvalue weighted by Crippen LogP contribution is 2.43. The van der Waals surface area contributed by atoms with Gasteiger partial charge in [-0.1, -0.05) is 12.5 Å². The van der Waals surface area contributed by atoms with E-state index in [1.807, 2.05) is 13.0 Å². The molecule has 76 valence electrons. The molecule has 2 heteroatoms. The zero-order valence-corrected chi connectivity index (χ0v) is 8.39. The van der Waals surface area contributed by atoms with Crippen LogP contribution in [0.1, 0.15) is 30.4 Å². The Morgan fingerprint density at radius 3 is 2.50 bits per heavy atom. The molecule has 0 amide bonds. The topological polar surface area (TPSA) is 20.2 Å². The number of hydrogen-bond donors (Lipinski definition) is 1. The maximum Gasteiger partial charge on any atom is 0.123 e. The summed E-state index contributed by atoms with van der Waals surface area (Å²) in [6, 6.07) is 5.06. The van der Waals surface area contributed by atoms with Crippen molar-refractivity contribution in [2.24, 2.45) is 0 Å². The van der Waals surface area contributed by atoms with Crippen LogP contribution in [-0.2, 0) is 5.41 Å². The Labute approximate surface area is 83.6 Å². The van der Waals surface area contributed by atoms with Gasteiger partial charge in [-0.15, -0.1) is 0 Å². The number of aliphatic hydroxyl groups excluding tert-OH is 1. The quantitative estimate of drug-likeness (QED) is 0.767. The lowest BCUT2D eigenvalue weighted by molar-refractivity contribution is 0.120. The minimum absolute atomic E-state index is 0.135. The van der Waals surface area contributed by atoms with Gasteiger partial charge >= 0.3 is 0 Å². The van der Waals surface area contributed by atoms with E-state index in [9.17, 15) is 9.50 Å². The van der Waals surface area contributed by atoms with Crippen LogP contribution in [0.2, 0.25) is 0 Å². The van der Waals surface area contributed by atoms with Crippen molar-refractivity contribution < 1.29 is 9.50 Å². The number of benzene rings is 1. The summed E-state index contributed by atoms with van der Waals surface area (Å²) in [4.78, 5) is 0. The average molecular weight is 194 g/mol. The van der Waals surface area contributed by atoms with Gasteiger partial charge in [-0.05, 0) is 43.0 Å². The molecule has 1 nitrogen and oxygen atoms in total. The third-order valence-electron chi connectivity index (χ3n) is 3.27. The highest BCUT2D eigenvalue weighted by molar-refractivity contribution is 5.32. The summed E-state index contributed by atoms with van der Waals surface area (Å²) < 4.78 is 13.2. The van der Waals surface area contributed by atoms with Gasteiger partial charge in [-0.3, -0.25) is 0 Å². The third-order valence-corrected chi connectivity index (χ3v) is 3.27. The fraction of sp³-hybridized carbons (Fsp3) is 0.500. The second kappa shape index (κ2) is 3.35. The normalized spacial score (nSPS) is 19.1. The fourth-order valence-corrected chi connectivity index (χ4v) is 2.18. The molecular formula is C12H15FO. The van der Waals surface area contributed by atoms with Gasteiger partial charge in [0.15, 0.2) is 0 Å². The SMILES string of the molecule is Cc1cc(F)cc(C2(CO)CCC2)c1. The summed E-state index contributed by atoms with van der Waals surface area (Å²) in [7, 11) is 0. The van der Waals surface area contributed by atoms with Crippen molar-refractivity contribution in [2.45, 2.75) is 31.6 Å². The van der Waals surface area contributed by atoms with Crippen LogP contribution in [-0.4, -0.2) is 11.7 Å². The molecular weight excluding hydrogens is 179 g/mol. The van der Waals surface area contributed by atoms with Gasteiger partial charge in [0, 0.05) is 5.41 Å². The summed E-state index contributed by atoms with van der Waals surface area (Å²) >= 11 is 0. The molecule has 1 aliphatic carbocycles. The monoisotopic (exact) mass is 194 g/mol. The zero-order chi connectivity index (χ0) is 10.2. The number of halogens is 1. The Balaban J connectivity index is 2.39. The van der Waals surface area contributed by atoms with Gasteiger partial charge in [0.25, 0.3) is 0 Å². The van der Waals surface area contributed by atoms with Crippen molar-refractivity contribution in [3.63, 3.8) is 0 Å². The summed E-state index contributed by atoms with van der Waals surface area (Å²) in [6.07, 6.45) is 3.09. The molecule has 0 spiro atoms. The molecule has 0 aromatic heterocycles. The summed E-state index contributed by atoms with van der Waals surface area (Å²) in [6.45, 7) is 2.02. The predicted molar refractivity (Wildman–Crippen MR) is 53.8 cm³/mol. The minimum Gasteiger partial charge on any atom is -0.395 e.